The Morgan fingerprint density at radius 3 is 0.421 bits per heavy atom. The van der Waals surface area contributed by atoms with Crippen LogP contribution in [0.5, 0.6) is 0 Å². The summed E-state index contributed by atoms with van der Waals surface area (Å²) in [5.74, 6) is 0. The molecular formula is C19H42. The fourth-order valence-corrected chi connectivity index (χ4v) is 1.12. The molecule has 0 heteroatoms. The van der Waals surface area contributed by atoms with Crippen molar-refractivity contribution in [3.63, 3.8) is 0 Å². The van der Waals surface area contributed by atoms with Gasteiger partial charge in [-0.2, -0.15) is 0 Å². The van der Waals surface area contributed by atoms with Crippen molar-refractivity contribution in [3.8, 4) is 0 Å². The van der Waals surface area contributed by atoms with Crippen molar-refractivity contribution < 1.29 is 0 Å². The summed E-state index contributed by atoms with van der Waals surface area (Å²) in [7, 11) is 0. The summed E-state index contributed by atoms with van der Waals surface area (Å²) in [5, 5.41) is 0. The van der Waals surface area contributed by atoms with Gasteiger partial charge in [-0.1, -0.05) is 96.9 Å². The Bertz CT molecular complexity index is 224. The van der Waals surface area contributed by atoms with Crippen molar-refractivity contribution in [2.75, 3.05) is 0 Å². The van der Waals surface area contributed by atoms with Gasteiger partial charge in [0.1, 0.15) is 0 Å². The average molecular weight is 271 g/mol. The maximum atomic E-state index is 2.35. The third kappa shape index (κ3) is 6.32. The van der Waals surface area contributed by atoms with Gasteiger partial charge in [-0.25, -0.2) is 0 Å². The first kappa shape index (κ1) is 21.3. The topological polar surface area (TPSA) is 0 Å². The van der Waals surface area contributed by atoms with E-state index in [-0.39, 0.29) is 0 Å². The minimum Gasteiger partial charge on any atom is -0.0597 e. The Balaban J connectivity index is 0. The summed E-state index contributed by atoms with van der Waals surface area (Å²) >= 11 is 0. The van der Waals surface area contributed by atoms with Crippen molar-refractivity contribution in [2.24, 2.45) is 27.1 Å². The van der Waals surface area contributed by atoms with Crippen LogP contribution >= 0.6 is 0 Å². The van der Waals surface area contributed by atoms with Crippen molar-refractivity contribution in [1.29, 1.82) is 0 Å². The highest BCUT2D eigenvalue weighted by molar-refractivity contribution is 4.91. The van der Waals surface area contributed by atoms with Gasteiger partial charge in [0.15, 0.2) is 0 Å². The summed E-state index contributed by atoms with van der Waals surface area (Å²) in [6.45, 7) is 32.2. The molecule has 0 unspecified atom stereocenters. The predicted octanol–water partition coefficient (Wildman–Crippen LogP) is 7.18. The number of hydrogen-bond acceptors (Lipinski definition) is 0. The van der Waals surface area contributed by atoms with E-state index >= 15 is 0 Å². The molecule has 0 N–H and O–H groups in total. The maximum Gasteiger partial charge on any atom is -0.0257 e. The summed E-state index contributed by atoms with van der Waals surface area (Å²) in [6, 6.07) is 0. The van der Waals surface area contributed by atoms with Crippen molar-refractivity contribution >= 4 is 0 Å². The quantitative estimate of drug-likeness (QED) is 0.437. The molecule has 19 heavy (non-hydrogen) atoms. The van der Waals surface area contributed by atoms with E-state index < -0.39 is 0 Å². The Morgan fingerprint density at radius 2 is 0.421 bits per heavy atom. The zero-order chi connectivity index (χ0) is 16.5. The molecule has 0 amide bonds. The lowest BCUT2D eigenvalue weighted by Crippen LogP contribution is -2.41. The highest BCUT2D eigenvalue weighted by atomic mass is 14.5. The van der Waals surface area contributed by atoms with Crippen LogP contribution in [0.1, 0.15) is 96.9 Å². The molecule has 0 aromatic carbocycles. The van der Waals surface area contributed by atoms with E-state index in [1.807, 2.05) is 0 Å². The molecule has 118 valence electrons. The molecule has 0 aliphatic carbocycles. The van der Waals surface area contributed by atoms with Gasteiger partial charge in [-0.3, -0.25) is 0 Å². The van der Waals surface area contributed by atoms with Crippen LogP contribution in [0.3, 0.4) is 0 Å². The molecule has 0 aromatic heterocycles. The third-order valence-electron chi connectivity index (χ3n) is 6.00. The van der Waals surface area contributed by atoms with Gasteiger partial charge in [-0.15, -0.1) is 0 Å². The van der Waals surface area contributed by atoms with Crippen LogP contribution in [0.2, 0.25) is 0 Å². The van der Waals surface area contributed by atoms with E-state index in [1.165, 1.54) is 0 Å². The van der Waals surface area contributed by atoms with Gasteiger partial charge in [0, 0.05) is 0 Å². The van der Waals surface area contributed by atoms with Crippen molar-refractivity contribution in [3.05, 3.63) is 0 Å². The lowest BCUT2D eigenvalue weighted by Gasteiger charge is -2.49. The number of rotatable bonds is 0. The van der Waals surface area contributed by atoms with E-state index in [1.54, 1.807) is 0 Å². The SMILES string of the molecule is CC(C)(C)C(C)(C)C.CC(C)(C)C(C)(C)C(C)(C)C. The molecule has 0 saturated heterocycles. The molecule has 0 aliphatic rings. The van der Waals surface area contributed by atoms with Crippen LogP contribution in [0.25, 0.3) is 0 Å². The van der Waals surface area contributed by atoms with E-state index in [0.717, 1.165) is 0 Å². The Labute approximate surface area is 124 Å². The van der Waals surface area contributed by atoms with E-state index in [9.17, 15) is 0 Å². The first-order valence-electron chi connectivity index (χ1n) is 7.75. The van der Waals surface area contributed by atoms with Gasteiger partial charge in [0.2, 0.25) is 0 Å². The Kier molecular flexibility index (Phi) is 6.48. The van der Waals surface area contributed by atoms with Crippen molar-refractivity contribution in [2.45, 2.75) is 96.9 Å². The van der Waals surface area contributed by atoms with Crippen LogP contribution in [0.4, 0.5) is 0 Å². The van der Waals surface area contributed by atoms with Gasteiger partial charge < -0.3 is 0 Å². The fourth-order valence-electron chi connectivity index (χ4n) is 1.12. The minimum atomic E-state index is 0.375. The van der Waals surface area contributed by atoms with E-state index in [2.05, 4.69) is 96.9 Å². The van der Waals surface area contributed by atoms with E-state index in [4.69, 9.17) is 0 Å². The fraction of sp³-hybridized carbons (Fsp3) is 1.00. The lowest BCUT2D eigenvalue weighted by atomic mass is 9.56. The smallest absolute Gasteiger partial charge is 0.0257 e. The van der Waals surface area contributed by atoms with E-state index in [0.29, 0.717) is 27.1 Å². The predicted molar refractivity (Wildman–Crippen MR) is 91.6 cm³/mol. The molecule has 0 aliphatic heterocycles. The molecule has 0 atom stereocenters. The van der Waals surface area contributed by atoms with Gasteiger partial charge >= 0.3 is 0 Å². The lowest BCUT2D eigenvalue weighted by molar-refractivity contribution is 0.00575. The van der Waals surface area contributed by atoms with Crippen LogP contribution in [-0.2, 0) is 0 Å². The molecule has 0 aromatic rings. The summed E-state index contributed by atoms with van der Waals surface area (Å²) in [6.07, 6.45) is 0. The molecule has 0 nitrogen and oxygen atoms in total. The second kappa shape index (κ2) is 5.78. The largest absolute Gasteiger partial charge is 0.0597 e. The highest BCUT2D eigenvalue weighted by Gasteiger charge is 2.42. The molecule has 0 saturated carbocycles. The van der Waals surface area contributed by atoms with Gasteiger partial charge in [0.25, 0.3) is 0 Å². The van der Waals surface area contributed by atoms with Crippen molar-refractivity contribution in [1.82, 2.24) is 0 Å². The average Bonchev–Trinajstić information content (AvgIpc) is 1.96. The molecule has 0 fully saturated rings. The monoisotopic (exact) mass is 270 g/mol. The second-order valence-electron chi connectivity index (χ2n) is 10.6. The molecule has 0 rings (SSSR count). The first-order valence-corrected chi connectivity index (χ1v) is 7.75. The highest BCUT2D eigenvalue weighted by Crippen LogP contribution is 2.50. The summed E-state index contributed by atoms with van der Waals surface area (Å²) < 4.78 is 0. The van der Waals surface area contributed by atoms with Gasteiger partial charge in [-0.05, 0) is 27.1 Å². The molecule has 0 spiro atoms. The molecule has 0 bridgehead atoms. The summed E-state index contributed by atoms with van der Waals surface area (Å²) in [4.78, 5) is 0. The summed E-state index contributed by atoms with van der Waals surface area (Å²) in [5.41, 5.74) is 2.01. The normalized spacial score (nSPS) is 14.8. The Morgan fingerprint density at radius 1 is 0.263 bits per heavy atom. The number of hydrogen-bond donors (Lipinski definition) is 0. The zero-order valence-corrected chi connectivity index (χ0v) is 16.5. The minimum absolute atomic E-state index is 0.375. The zero-order valence-electron chi connectivity index (χ0n) is 16.5. The van der Waals surface area contributed by atoms with Crippen LogP contribution in [0, 0.1) is 27.1 Å². The first-order chi connectivity index (χ1) is 7.75. The molecular weight excluding hydrogens is 228 g/mol. The maximum absolute atomic E-state index is 2.35. The van der Waals surface area contributed by atoms with Crippen LogP contribution in [-0.4, -0.2) is 0 Å². The van der Waals surface area contributed by atoms with Crippen LogP contribution < -0.4 is 0 Å². The Hall–Kier alpha value is 0. The standard InChI is InChI=1S/C11H24.C8H18/c1-9(2,3)11(7,8)10(4,5)6;1-7(2,3)8(4,5)6/h1-8H3;1-6H3. The molecule has 0 radical (unpaired) electrons. The van der Waals surface area contributed by atoms with Gasteiger partial charge in [0.05, 0.1) is 0 Å². The van der Waals surface area contributed by atoms with Crippen LogP contribution in [0.15, 0.2) is 0 Å². The second-order valence-corrected chi connectivity index (χ2v) is 10.6. The third-order valence-corrected chi connectivity index (χ3v) is 6.00. The molecule has 0 heterocycles.